The minimum Gasteiger partial charge on any atom is -0.381 e. The summed E-state index contributed by atoms with van der Waals surface area (Å²) in [5, 5.41) is 12.8. The third-order valence-electron chi connectivity index (χ3n) is 3.64. The first-order chi connectivity index (χ1) is 9.20. The van der Waals surface area contributed by atoms with Crippen LogP contribution in [0, 0.1) is 17.2 Å². The maximum Gasteiger partial charge on any atom is 0.0994 e. The fraction of sp³-hybridized carbons (Fsp3) is 0.562. The van der Waals surface area contributed by atoms with Gasteiger partial charge in [0.15, 0.2) is 0 Å². The second-order valence-corrected chi connectivity index (χ2v) is 5.52. The Morgan fingerprint density at radius 3 is 2.95 bits per heavy atom. The van der Waals surface area contributed by atoms with E-state index in [-0.39, 0.29) is 0 Å². The van der Waals surface area contributed by atoms with Crippen LogP contribution < -0.4 is 5.32 Å². The largest absolute Gasteiger partial charge is 0.381 e. The lowest BCUT2D eigenvalue weighted by atomic mass is 9.87. The molecular formula is C16H22N2O. The molecule has 3 heteroatoms. The van der Waals surface area contributed by atoms with Gasteiger partial charge in [-0.05, 0) is 24.5 Å². The van der Waals surface area contributed by atoms with Crippen molar-refractivity contribution in [2.24, 2.45) is 5.92 Å². The summed E-state index contributed by atoms with van der Waals surface area (Å²) < 4.78 is 5.62. The Labute approximate surface area is 115 Å². The van der Waals surface area contributed by atoms with Crippen LogP contribution in [0.2, 0.25) is 0 Å². The van der Waals surface area contributed by atoms with Crippen LogP contribution in [-0.4, -0.2) is 25.3 Å². The van der Waals surface area contributed by atoms with Gasteiger partial charge in [-0.2, -0.15) is 5.26 Å². The van der Waals surface area contributed by atoms with Gasteiger partial charge in [0.05, 0.1) is 18.2 Å². The van der Waals surface area contributed by atoms with E-state index in [1.165, 1.54) is 0 Å². The zero-order valence-electron chi connectivity index (χ0n) is 11.7. The highest BCUT2D eigenvalue weighted by atomic mass is 16.5. The quantitative estimate of drug-likeness (QED) is 0.902. The Bertz CT molecular complexity index is 450. The minimum atomic E-state index is 0.450. The molecule has 2 atom stereocenters. The van der Waals surface area contributed by atoms with Crippen molar-refractivity contribution in [1.29, 1.82) is 5.26 Å². The Morgan fingerprint density at radius 2 is 2.21 bits per heavy atom. The molecule has 102 valence electrons. The monoisotopic (exact) mass is 258 g/mol. The van der Waals surface area contributed by atoms with Crippen LogP contribution in [0.5, 0.6) is 0 Å². The van der Waals surface area contributed by atoms with E-state index in [0.29, 0.717) is 18.0 Å². The molecule has 0 aromatic heterocycles. The molecule has 0 unspecified atom stereocenters. The van der Waals surface area contributed by atoms with Crippen LogP contribution in [-0.2, 0) is 11.2 Å². The molecular weight excluding hydrogens is 236 g/mol. The highest BCUT2D eigenvalue weighted by Gasteiger charge is 2.26. The summed E-state index contributed by atoms with van der Waals surface area (Å²) in [6.45, 7) is 5.97. The lowest BCUT2D eigenvalue weighted by Gasteiger charge is -2.34. The summed E-state index contributed by atoms with van der Waals surface area (Å²) in [4.78, 5) is 0. The number of rotatable bonds is 4. The molecule has 2 rings (SSSR count). The summed E-state index contributed by atoms with van der Waals surface area (Å²) in [5.41, 5.74) is 1.92. The molecule has 0 aliphatic carbocycles. The van der Waals surface area contributed by atoms with E-state index < -0.39 is 0 Å². The van der Waals surface area contributed by atoms with Crippen LogP contribution in [0.3, 0.4) is 0 Å². The highest BCUT2D eigenvalue weighted by molar-refractivity contribution is 5.37. The molecule has 1 aliphatic heterocycles. The van der Waals surface area contributed by atoms with E-state index in [1.54, 1.807) is 0 Å². The molecule has 0 bridgehead atoms. The predicted octanol–water partition coefficient (Wildman–Crippen LogP) is 2.50. The van der Waals surface area contributed by atoms with Crippen molar-refractivity contribution in [1.82, 2.24) is 5.32 Å². The first kappa shape index (κ1) is 14.0. The van der Waals surface area contributed by atoms with Crippen molar-refractivity contribution in [3.63, 3.8) is 0 Å². The van der Waals surface area contributed by atoms with Crippen LogP contribution in [0.4, 0.5) is 0 Å². The Hall–Kier alpha value is -1.37. The number of nitriles is 1. The number of nitrogens with one attached hydrogen (secondary N) is 1. The minimum absolute atomic E-state index is 0.450. The average Bonchev–Trinajstić information content (AvgIpc) is 2.41. The second-order valence-electron chi connectivity index (χ2n) is 5.52. The lowest BCUT2D eigenvalue weighted by Crippen LogP contribution is -2.46. The Kier molecular flexibility index (Phi) is 4.95. The van der Waals surface area contributed by atoms with E-state index in [4.69, 9.17) is 10.00 Å². The smallest absolute Gasteiger partial charge is 0.0994 e. The van der Waals surface area contributed by atoms with E-state index in [9.17, 15) is 0 Å². The summed E-state index contributed by atoms with van der Waals surface area (Å²) in [6, 6.07) is 11.1. The standard InChI is InChI=1S/C16H22N2O/c1-12(2)18-16-7-8-19-11-15(16)9-13-5-3-4-6-14(13)10-17/h3-6,12,15-16,18H,7-9,11H2,1-2H3/t15-,16+/m1/s1. The predicted molar refractivity (Wildman–Crippen MR) is 75.8 cm³/mol. The summed E-state index contributed by atoms with van der Waals surface area (Å²) in [5.74, 6) is 0.450. The summed E-state index contributed by atoms with van der Waals surface area (Å²) >= 11 is 0. The summed E-state index contributed by atoms with van der Waals surface area (Å²) in [7, 11) is 0. The van der Waals surface area contributed by atoms with Gasteiger partial charge in [0.2, 0.25) is 0 Å². The molecule has 1 aliphatic rings. The molecule has 19 heavy (non-hydrogen) atoms. The molecule has 0 spiro atoms. The van der Waals surface area contributed by atoms with Gasteiger partial charge in [0.25, 0.3) is 0 Å². The van der Waals surface area contributed by atoms with Crippen molar-refractivity contribution < 1.29 is 4.74 Å². The van der Waals surface area contributed by atoms with E-state index in [2.05, 4.69) is 31.3 Å². The van der Waals surface area contributed by atoms with Gasteiger partial charge < -0.3 is 10.1 Å². The fourth-order valence-corrected chi connectivity index (χ4v) is 2.74. The third-order valence-corrected chi connectivity index (χ3v) is 3.64. The van der Waals surface area contributed by atoms with E-state index in [0.717, 1.165) is 37.2 Å². The molecule has 1 aromatic rings. The molecule has 0 radical (unpaired) electrons. The van der Waals surface area contributed by atoms with Crippen LogP contribution in [0.25, 0.3) is 0 Å². The number of benzene rings is 1. The van der Waals surface area contributed by atoms with Crippen molar-refractivity contribution >= 4 is 0 Å². The molecule has 1 aromatic carbocycles. The number of hydrogen-bond donors (Lipinski definition) is 1. The first-order valence-corrected chi connectivity index (χ1v) is 7.02. The topological polar surface area (TPSA) is 45.0 Å². The van der Waals surface area contributed by atoms with Crippen molar-refractivity contribution in [3.05, 3.63) is 35.4 Å². The molecule has 1 N–H and O–H groups in total. The second kappa shape index (κ2) is 6.70. The van der Waals surface area contributed by atoms with Gasteiger partial charge in [-0.15, -0.1) is 0 Å². The van der Waals surface area contributed by atoms with Gasteiger partial charge in [-0.25, -0.2) is 0 Å². The Balaban J connectivity index is 2.09. The zero-order chi connectivity index (χ0) is 13.7. The van der Waals surface area contributed by atoms with Crippen molar-refractivity contribution in [2.75, 3.05) is 13.2 Å². The van der Waals surface area contributed by atoms with Gasteiger partial charge in [0, 0.05) is 24.6 Å². The van der Waals surface area contributed by atoms with Gasteiger partial charge in [0.1, 0.15) is 0 Å². The number of hydrogen-bond acceptors (Lipinski definition) is 3. The maximum absolute atomic E-state index is 9.16. The highest BCUT2D eigenvalue weighted by Crippen LogP contribution is 2.22. The molecule has 1 fully saturated rings. The molecule has 1 saturated heterocycles. The van der Waals surface area contributed by atoms with Gasteiger partial charge in [-0.3, -0.25) is 0 Å². The third kappa shape index (κ3) is 3.79. The maximum atomic E-state index is 9.16. The molecule has 0 amide bonds. The summed E-state index contributed by atoms with van der Waals surface area (Å²) in [6.07, 6.45) is 1.96. The van der Waals surface area contributed by atoms with Crippen LogP contribution >= 0.6 is 0 Å². The molecule has 3 nitrogen and oxygen atoms in total. The van der Waals surface area contributed by atoms with E-state index >= 15 is 0 Å². The SMILES string of the molecule is CC(C)N[C@H]1CCOC[C@H]1Cc1ccccc1C#N. The van der Waals surface area contributed by atoms with Gasteiger partial charge >= 0.3 is 0 Å². The van der Waals surface area contributed by atoms with Crippen LogP contribution in [0.1, 0.15) is 31.4 Å². The lowest BCUT2D eigenvalue weighted by molar-refractivity contribution is 0.0300. The van der Waals surface area contributed by atoms with E-state index in [1.807, 2.05) is 18.2 Å². The molecule has 0 saturated carbocycles. The Morgan fingerprint density at radius 1 is 1.42 bits per heavy atom. The first-order valence-electron chi connectivity index (χ1n) is 7.02. The zero-order valence-corrected chi connectivity index (χ0v) is 11.7. The van der Waals surface area contributed by atoms with Gasteiger partial charge in [-0.1, -0.05) is 32.0 Å². The van der Waals surface area contributed by atoms with Crippen molar-refractivity contribution in [3.8, 4) is 6.07 Å². The normalized spacial score (nSPS) is 23.3. The van der Waals surface area contributed by atoms with Crippen LogP contribution in [0.15, 0.2) is 24.3 Å². The fourth-order valence-electron chi connectivity index (χ4n) is 2.74. The average molecular weight is 258 g/mol. The molecule has 1 heterocycles. The number of ether oxygens (including phenoxy) is 1. The van der Waals surface area contributed by atoms with Crippen molar-refractivity contribution in [2.45, 2.75) is 38.8 Å². The number of nitrogens with zero attached hydrogens (tertiary/aromatic N) is 1.